The summed E-state index contributed by atoms with van der Waals surface area (Å²) >= 11 is 0. The van der Waals surface area contributed by atoms with Crippen LogP contribution in [0.4, 0.5) is 8.78 Å². The van der Waals surface area contributed by atoms with Gasteiger partial charge in [-0.3, -0.25) is 14.2 Å². The fourth-order valence-corrected chi connectivity index (χ4v) is 6.17. The molecule has 0 saturated heterocycles. The van der Waals surface area contributed by atoms with Crippen LogP contribution in [0.3, 0.4) is 0 Å². The smallest absolute Gasteiger partial charge is 0.246 e. The summed E-state index contributed by atoms with van der Waals surface area (Å²) in [4.78, 5) is 19.5. The van der Waals surface area contributed by atoms with Gasteiger partial charge in [-0.15, -0.1) is 0 Å². The molecular weight excluding hydrogens is 594 g/mol. The Balaban J connectivity index is 1.63. The number of aromatic nitrogens is 5. The van der Waals surface area contributed by atoms with Crippen LogP contribution in [0.5, 0.6) is 0 Å². The van der Waals surface area contributed by atoms with Crippen molar-refractivity contribution in [1.29, 1.82) is 0 Å². The molecule has 0 aliphatic carbocycles. The molecule has 1 N–H and O–H groups in total. The van der Waals surface area contributed by atoms with Gasteiger partial charge < -0.3 is 19.2 Å². The summed E-state index contributed by atoms with van der Waals surface area (Å²) in [7, 11) is 1.85. The Hall–Kier alpha value is -4.68. The summed E-state index contributed by atoms with van der Waals surface area (Å²) < 4.78 is 45.5. The Labute approximate surface area is 264 Å². The van der Waals surface area contributed by atoms with Gasteiger partial charge in [0.15, 0.2) is 5.58 Å². The van der Waals surface area contributed by atoms with Gasteiger partial charge in [0.05, 0.1) is 55.1 Å². The second-order valence-corrected chi connectivity index (χ2v) is 11.7. The normalized spacial score (nSPS) is 17.8. The number of furan rings is 1. The number of carbonyl (C=O) groups excluding carboxylic acids is 1. The summed E-state index contributed by atoms with van der Waals surface area (Å²) in [6.07, 6.45) is 2.79. The topological polar surface area (TPSA) is 111 Å². The summed E-state index contributed by atoms with van der Waals surface area (Å²) in [6.45, 7) is 8.71. The summed E-state index contributed by atoms with van der Waals surface area (Å²) in [6, 6.07) is 8.88. The highest BCUT2D eigenvalue weighted by atomic mass is 19.1. The third kappa shape index (κ3) is 5.62. The average Bonchev–Trinajstić information content (AvgIpc) is 3.77. The van der Waals surface area contributed by atoms with Gasteiger partial charge in [0.25, 0.3) is 0 Å². The van der Waals surface area contributed by atoms with E-state index in [1.54, 1.807) is 15.6 Å². The number of pyridine rings is 1. The van der Waals surface area contributed by atoms with E-state index in [1.807, 2.05) is 56.0 Å². The van der Waals surface area contributed by atoms with Crippen LogP contribution in [-0.4, -0.2) is 73.0 Å². The number of benzene rings is 1. The van der Waals surface area contributed by atoms with Gasteiger partial charge in [0.1, 0.15) is 23.4 Å². The van der Waals surface area contributed by atoms with Gasteiger partial charge in [-0.05, 0) is 45.0 Å². The molecule has 5 heterocycles. The SMILES string of the molecule is C=CC(=O)N1C[C@H](C)n2nc(-c3nc(-c4ccc5cn(C)nc5c4)c4occc4c3C(COCCO)=C(F)C[C@H](C)F)cc2[C@H]1C. The number of aryl methyl sites for hydroxylation is 1. The van der Waals surface area contributed by atoms with Gasteiger partial charge in [0.2, 0.25) is 5.91 Å². The molecule has 1 aromatic carbocycles. The number of fused-ring (bicyclic) bond motifs is 3. The first-order valence-corrected chi connectivity index (χ1v) is 15.2. The molecule has 1 amide bonds. The molecule has 3 atom stereocenters. The molecule has 0 fully saturated rings. The van der Waals surface area contributed by atoms with E-state index in [2.05, 4.69) is 11.7 Å². The van der Waals surface area contributed by atoms with Crippen LogP contribution in [0.25, 0.3) is 50.1 Å². The number of alkyl halides is 1. The molecule has 1 aliphatic heterocycles. The first kappa shape index (κ1) is 31.3. The lowest BCUT2D eigenvalue weighted by Crippen LogP contribution is -2.42. The van der Waals surface area contributed by atoms with E-state index in [-0.39, 0.29) is 43.4 Å². The predicted molar refractivity (Wildman–Crippen MR) is 171 cm³/mol. The lowest BCUT2D eigenvalue weighted by molar-refractivity contribution is -0.129. The highest BCUT2D eigenvalue weighted by Crippen LogP contribution is 2.42. The van der Waals surface area contributed by atoms with Crippen molar-refractivity contribution in [3.63, 3.8) is 0 Å². The quantitative estimate of drug-likeness (QED) is 0.142. The molecule has 12 heteroatoms. The molecule has 6 rings (SSSR count). The number of nitrogens with zero attached hydrogens (tertiary/aromatic N) is 6. The van der Waals surface area contributed by atoms with Crippen molar-refractivity contribution in [1.82, 2.24) is 29.4 Å². The van der Waals surface area contributed by atoms with Gasteiger partial charge in [-0.25, -0.2) is 13.8 Å². The first-order valence-electron chi connectivity index (χ1n) is 15.2. The number of rotatable bonds is 10. The van der Waals surface area contributed by atoms with Crippen molar-refractivity contribution in [3.05, 3.63) is 72.5 Å². The van der Waals surface area contributed by atoms with Crippen molar-refractivity contribution in [3.8, 4) is 22.6 Å². The molecule has 0 spiro atoms. The minimum Gasteiger partial charge on any atom is -0.462 e. The number of aliphatic hydroxyl groups excluding tert-OH is 1. The monoisotopic (exact) mass is 630 g/mol. The molecule has 0 saturated carbocycles. The Bertz CT molecular complexity index is 1970. The minimum atomic E-state index is -1.46. The van der Waals surface area contributed by atoms with Crippen LogP contribution in [0, 0.1) is 0 Å². The number of ether oxygens (including phenoxy) is 1. The lowest BCUT2D eigenvalue weighted by Gasteiger charge is -2.36. The minimum absolute atomic E-state index is 0.0393. The fourth-order valence-electron chi connectivity index (χ4n) is 6.17. The van der Waals surface area contributed by atoms with Gasteiger partial charge >= 0.3 is 0 Å². The number of amides is 1. The summed E-state index contributed by atoms with van der Waals surface area (Å²) in [5.41, 5.74) is 4.41. The summed E-state index contributed by atoms with van der Waals surface area (Å²) in [5, 5.41) is 20.4. The van der Waals surface area contributed by atoms with Crippen molar-refractivity contribution >= 4 is 33.4 Å². The molecule has 4 aromatic heterocycles. The third-order valence-corrected chi connectivity index (χ3v) is 8.32. The number of halogens is 2. The molecule has 0 bridgehead atoms. The molecule has 0 radical (unpaired) electrons. The van der Waals surface area contributed by atoms with Crippen LogP contribution >= 0.6 is 0 Å². The molecular formula is C34H36F2N6O4. The Morgan fingerprint density at radius 2 is 2.04 bits per heavy atom. The second-order valence-electron chi connectivity index (χ2n) is 11.7. The molecule has 1 aliphatic rings. The molecule has 0 unspecified atom stereocenters. The lowest BCUT2D eigenvalue weighted by atomic mass is 9.94. The number of allylic oxidation sites excluding steroid dienone is 1. The van der Waals surface area contributed by atoms with E-state index in [0.29, 0.717) is 40.2 Å². The predicted octanol–water partition coefficient (Wildman–Crippen LogP) is 6.33. The van der Waals surface area contributed by atoms with Crippen LogP contribution in [0.15, 0.2) is 65.7 Å². The Morgan fingerprint density at radius 3 is 2.78 bits per heavy atom. The molecule has 10 nitrogen and oxygen atoms in total. The van der Waals surface area contributed by atoms with Crippen LogP contribution in [0.1, 0.15) is 50.5 Å². The van der Waals surface area contributed by atoms with Crippen molar-refractivity contribution in [2.45, 2.75) is 45.4 Å². The highest BCUT2D eigenvalue weighted by Gasteiger charge is 2.34. The maximum absolute atomic E-state index is 16.0. The molecule has 46 heavy (non-hydrogen) atoms. The van der Waals surface area contributed by atoms with E-state index in [1.165, 1.54) is 19.3 Å². The van der Waals surface area contributed by atoms with E-state index >= 15 is 4.39 Å². The number of aliphatic hydroxyl groups is 1. The molecule has 240 valence electrons. The van der Waals surface area contributed by atoms with E-state index in [4.69, 9.17) is 19.2 Å². The van der Waals surface area contributed by atoms with Crippen molar-refractivity contribution < 1.29 is 27.8 Å². The number of hydrogen-bond donors (Lipinski definition) is 1. The van der Waals surface area contributed by atoms with Crippen molar-refractivity contribution in [2.75, 3.05) is 26.4 Å². The zero-order chi connectivity index (χ0) is 32.7. The van der Waals surface area contributed by atoms with Crippen molar-refractivity contribution in [2.24, 2.45) is 7.05 Å². The van der Waals surface area contributed by atoms with Crippen LogP contribution < -0.4 is 0 Å². The summed E-state index contributed by atoms with van der Waals surface area (Å²) in [5.74, 6) is -0.887. The number of hydrogen-bond acceptors (Lipinski definition) is 7. The largest absolute Gasteiger partial charge is 0.462 e. The zero-order valence-electron chi connectivity index (χ0n) is 26.2. The number of carbonyl (C=O) groups is 1. The highest BCUT2D eigenvalue weighted by molar-refractivity contribution is 6.03. The fraction of sp³-hybridized carbons (Fsp3) is 0.353. The zero-order valence-corrected chi connectivity index (χ0v) is 26.2. The Kier molecular flexibility index (Phi) is 8.58. The van der Waals surface area contributed by atoms with Gasteiger partial charge in [-0.2, -0.15) is 10.2 Å². The maximum Gasteiger partial charge on any atom is 0.246 e. The standard InChI is InChI=1S/C34H36F2N6O4/c1-6-30(44)41-16-20(3)42-29(21(41)4)15-28(39-42)33-31(25(18-45-12-10-43)26(36)13-19(2)35)24-9-11-46-34(24)32(37-33)22-7-8-23-17-40(5)38-27(23)14-22/h6-9,11,14-15,17,19-21,43H,1,10,12-13,16,18H2,2-5H3/t19-,20-,21+/m0/s1. The second kappa shape index (κ2) is 12.6. The van der Waals surface area contributed by atoms with E-state index in [9.17, 15) is 14.3 Å². The van der Waals surface area contributed by atoms with E-state index < -0.39 is 18.4 Å². The maximum atomic E-state index is 16.0. The average molecular weight is 631 g/mol. The molecule has 5 aromatic rings. The Morgan fingerprint density at radius 1 is 1.24 bits per heavy atom. The van der Waals surface area contributed by atoms with Gasteiger partial charge in [0, 0.05) is 53.7 Å². The third-order valence-electron chi connectivity index (χ3n) is 8.32. The van der Waals surface area contributed by atoms with Gasteiger partial charge in [-0.1, -0.05) is 18.7 Å². The van der Waals surface area contributed by atoms with Crippen LogP contribution in [0.2, 0.25) is 0 Å². The first-order chi connectivity index (χ1) is 22.1. The van der Waals surface area contributed by atoms with E-state index in [0.717, 1.165) is 22.2 Å². The van der Waals surface area contributed by atoms with Crippen LogP contribution in [-0.2, 0) is 16.6 Å².